The fourth-order valence-corrected chi connectivity index (χ4v) is 5.36. The van der Waals surface area contributed by atoms with Crippen molar-refractivity contribution in [2.45, 2.75) is 24.7 Å². The number of esters is 1. The number of methoxy groups -OCH3 is 1. The molecule has 0 aliphatic carbocycles. The summed E-state index contributed by atoms with van der Waals surface area (Å²) < 4.78 is 33.9. The molecule has 0 aliphatic rings. The molecule has 5 nitrogen and oxygen atoms in total. The highest BCUT2D eigenvalue weighted by atomic mass is 32.2. The zero-order valence-electron chi connectivity index (χ0n) is 14.6. The molecule has 136 valence electrons. The van der Waals surface area contributed by atoms with E-state index in [0.29, 0.717) is 10.6 Å². The first-order valence-corrected chi connectivity index (χ1v) is 10.4. The van der Waals surface area contributed by atoms with Gasteiger partial charge in [0.1, 0.15) is 5.00 Å². The Labute approximate surface area is 156 Å². The average molecular weight is 389 g/mol. The van der Waals surface area contributed by atoms with Crippen LogP contribution in [0.5, 0.6) is 0 Å². The summed E-state index contributed by atoms with van der Waals surface area (Å²) in [6, 6.07) is 13.5. The number of hydrogen-bond acceptors (Lipinski definition) is 5. The molecule has 0 saturated carbocycles. The number of sulfonamides is 1. The van der Waals surface area contributed by atoms with Crippen LogP contribution in [0.15, 0.2) is 53.4 Å². The van der Waals surface area contributed by atoms with Crippen LogP contribution in [0.1, 0.15) is 35.7 Å². The van der Waals surface area contributed by atoms with Gasteiger partial charge in [-0.25, -0.2) is 13.2 Å². The van der Waals surface area contributed by atoms with Crippen LogP contribution in [-0.2, 0) is 14.8 Å². The van der Waals surface area contributed by atoms with Gasteiger partial charge in [-0.1, -0.05) is 32.0 Å². The Morgan fingerprint density at radius 1 is 1.08 bits per heavy atom. The van der Waals surface area contributed by atoms with Crippen molar-refractivity contribution < 1.29 is 17.9 Å². The van der Waals surface area contributed by atoms with Gasteiger partial charge in [-0.05, 0) is 47.2 Å². The van der Waals surface area contributed by atoms with Gasteiger partial charge in [0.2, 0.25) is 0 Å². The zero-order valence-corrected chi connectivity index (χ0v) is 16.3. The van der Waals surface area contributed by atoms with E-state index in [1.54, 1.807) is 0 Å². The lowest BCUT2D eigenvalue weighted by atomic mass is 10.0. The van der Waals surface area contributed by atoms with Crippen LogP contribution in [0, 0.1) is 0 Å². The molecule has 1 N–H and O–H groups in total. The summed E-state index contributed by atoms with van der Waals surface area (Å²) in [5, 5.41) is 1.68. The second kappa shape index (κ2) is 7.09. The van der Waals surface area contributed by atoms with E-state index in [4.69, 9.17) is 0 Å². The molecule has 0 aliphatic heterocycles. The minimum absolute atomic E-state index is 0.0947. The molecule has 0 amide bonds. The number of thiophene rings is 1. The van der Waals surface area contributed by atoms with Gasteiger partial charge >= 0.3 is 5.97 Å². The van der Waals surface area contributed by atoms with Crippen LogP contribution in [0.4, 0.5) is 5.00 Å². The summed E-state index contributed by atoms with van der Waals surface area (Å²) in [5.41, 5.74) is 1.29. The molecule has 0 fully saturated rings. The Hall–Kier alpha value is -2.38. The predicted molar refractivity (Wildman–Crippen MR) is 105 cm³/mol. The molecule has 1 aromatic heterocycles. The lowest BCUT2D eigenvalue weighted by Gasteiger charge is -2.11. The number of rotatable bonds is 5. The predicted octanol–water partition coefficient (Wildman–Crippen LogP) is 4.61. The maximum absolute atomic E-state index is 12.8. The summed E-state index contributed by atoms with van der Waals surface area (Å²) in [6.45, 7) is 4.08. The number of carbonyl (C=O) groups excluding carboxylic acids is 1. The summed E-state index contributed by atoms with van der Waals surface area (Å²) in [7, 11) is -2.48. The van der Waals surface area contributed by atoms with Crippen LogP contribution in [-0.4, -0.2) is 21.5 Å². The fraction of sp³-hybridized carbons (Fsp3) is 0.211. The molecule has 26 heavy (non-hydrogen) atoms. The van der Waals surface area contributed by atoms with Crippen molar-refractivity contribution in [2.75, 3.05) is 11.8 Å². The smallest absolute Gasteiger partial charge is 0.337 e. The number of benzene rings is 2. The number of fused-ring (bicyclic) bond motifs is 1. The Morgan fingerprint density at radius 2 is 1.73 bits per heavy atom. The van der Waals surface area contributed by atoms with Gasteiger partial charge in [0.25, 0.3) is 10.0 Å². The maximum atomic E-state index is 12.8. The first-order valence-electron chi connectivity index (χ1n) is 8.06. The second-order valence-electron chi connectivity index (χ2n) is 6.12. The third-order valence-corrected chi connectivity index (χ3v) is 6.62. The minimum Gasteiger partial charge on any atom is -0.465 e. The summed E-state index contributed by atoms with van der Waals surface area (Å²) in [4.78, 5) is 11.6. The molecule has 0 bridgehead atoms. The lowest BCUT2D eigenvalue weighted by molar-refractivity contribution is 0.0600. The largest absolute Gasteiger partial charge is 0.465 e. The molecule has 0 atom stereocenters. The van der Waals surface area contributed by atoms with Crippen molar-refractivity contribution >= 4 is 42.4 Å². The quantitative estimate of drug-likeness (QED) is 0.647. The monoisotopic (exact) mass is 389 g/mol. The first kappa shape index (κ1) is 18.4. The van der Waals surface area contributed by atoms with Gasteiger partial charge in [-0.15, -0.1) is 11.3 Å². The highest BCUT2D eigenvalue weighted by molar-refractivity contribution is 7.93. The van der Waals surface area contributed by atoms with Crippen molar-refractivity contribution in [3.8, 4) is 0 Å². The van der Waals surface area contributed by atoms with E-state index in [0.717, 1.165) is 15.6 Å². The zero-order chi connectivity index (χ0) is 18.9. The van der Waals surface area contributed by atoms with Gasteiger partial charge in [-0.2, -0.15) is 0 Å². The fourth-order valence-electron chi connectivity index (χ4n) is 2.78. The summed E-state index contributed by atoms with van der Waals surface area (Å²) in [5.74, 6) is -0.334. The van der Waals surface area contributed by atoms with Crippen LogP contribution < -0.4 is 4.72 Å². The summed E-state index contributed by atoms with van der Waals surface area (Å²) >= 11 is 1.42. The average Bonchev–Trinajstić information content (AvgIpc) is 2.98. The molecule has 3 rings (SSSR count). The van der Waals surface area contributed by atoms with Gasteiger partial charge in [0, 0.05) is 4.70 Å². The highest BCUT2D eigenvalue weighted by Crippen LogP contribution is 2.40. The Kier molecular flexibility index (Phi) is 5.02. The lowest BCUT2D eigenvalue weighted by Crippen LogP contribution is -2.13. The van der Waals surface area contributed by atoms with E-state index in [9.17, 15) is 13.2 Å². The topological polar surface area (TPSA) is 72.5 Å². The number of anilines is 1. The second-order valence-corrected chi connectivity index (χ2v) is 8.85. The highest BCUT2D eigenvalue weighted by Gasteiger charge is 2.21. The molecule has 0 saturated heterocycles. The van der Waals surface area contributed by atoms with Gasteiger partial charge in [0.05, 0.1) is 17.6 Å². The number of carbonyl (C=O) groups is 1. The van der Waals surface area contributed by atoms with Gasteiger partial charge in [0.15, 0.2) is 0 Å². The van der Waals surface area contributed by atoms with Crippen molar-refractivity contribution in [2.24, 2.45) is 0 Å². The van der Waals surface area contributed by atoms with Crippen LogP contribution in [0.2, 0.25) is 0 Å². The third-order valence-electron chi connectivity index (χ3n) is 4.02. The normalized spacial score (nSPS) is 11.7. The molecule has 1 heterocycles. The molecule has 0 spiro atoms. The molecule has 0 radical (unpaired) electrons. The standard InChI is InChI=1S/C19H19NO4S2/c1-12(2)17-15-6-4-5-7-16(15)25-18(17)20-26(22,23)14-10-8-13(9-11-14)19(21)24-3/h4-12,20H,1-3H3. The molecule has 3 aromatic rings. The first-order chi connectivity index (χ1) is 12.3. The molecular weight excluding hydrogens is 370 g/mol. The molecular formula is C19H19NO4S2. The van der Waals surface area contributed by atoms with Crippen LogP contribution in [0.3, 0.4) is 0 Å². The molecule has 7 heteroatoms. The Balaban J connectivity index is 1.98. The maximum Gasteiger partial charge on any atom is 0.337 e. The molecule has 2 aromatic carbocycles. The van der Waals surface area contributed by atoms with Crippen molar-refractivity contribution in [3.63, 3.8) is 0 Å². The number of hydrogen-bond donors (Lipinski definition) is 1. The van der Waals surface area contributed by atoms with Crippen LogP contribution >= 0.6 is 11.3 Å². The number of ether oxygens (including phenoxy) is 1. The van der Waals surface area contributed by atoms with Gasteiger partial charge < -0.3 is 4.74 Å². The SMILES string of the molecule is COC(=O)c1ccc(S(=O)(=O)Nc2sc3ccccc3c2C(C)C)cc1. The van der Waals surface area contributed by atoms with Gasteiger partial charge in [-0.3, -0.25) is 4.72 Å². The van der Waals surface area contributed by atoms with Crippen LogP contribution in [0.25, 0.3) is 10.1 Å². The molecule has 0 unspecified atom stereocenters. The van der Waals surface area contributed by atoms with E-state index >= 15 is 0 Å². The third kappa shape index (κ3) is 3.45. The Bertz CT molecular complexity index is 1050. The summed E-state index contributed by atoms with van der Waals surface area (Å²) in [6.07, 6.45) is 0. The van der Waals surface area contributed by atoms with E-state index in [2.05, 4.69) is 9.46 Å². The minimum atomic E-state index is -3.76. The van der Waals surface area contributed by atoms with E-state index in [1.807, 2.05) is 38.1 Å². The van der Waals surface area contributed by atoms with Crippen molar-refractivity contribution in [1.82, 2.24) is 0 Å². The van der Waals surface area contributed by atoms with E-state index < -0.39 is 16.0 Å². The van der Waals surface area contributed by atoms with E-state index in [-0.39, 0.29) is 10.8 Å². The van der Waals surface area contributed by atoms with Crippen molar-refractivity contribution in [1.29, 1.82) is 0 Å². The number of nitrogens with one attached hydrogen (secondary N) is 1. The van der Waals surface area contributed by atoms with E-state index in [1.165, 1.54) is 42.7 Å². The Morgan fingerprint density at radius 3 is 2.35 bits per heavy atom. The van der Waals surface area contributed by atoms with Crippen molar-refractivity contribution in [3.05, 3.63) is 59.7 Å².